The van der Waals surface area contributed by atoms with E-state index in [0.717, 1.165) is 54.7 Å². The number of carbonyl (C=O) groups is 1. The summed E-state index contributed by atoms with van der Waals surface area (Å²) < 4.78 is 9.92. The van der Waals surface area contributed by atoms with Crippen LogP contribution in [0.1, 0.15) is 31.7 Å². The van der Waals surface area contributed by atoms with Gasteiger partial charge in [-0.15, -0.1) is 0 Å². The number of hydrogen-bond donors (Lipinski definition) is 2. The number of ether oxygens (including phenoxy) is 1. The van der Waals surface area contributed by atoms with Gasteiger partial charge in [0.05, 0.1) is 29.6 Å². The second-order valence-electron chi connectivity index (χ2n) is 8.15. The zero-order chi connectivity index (χ0) is 20.0. The van der Waals surface area contributed by atoms with E-state index in [0.29, 0.717) is 12.4 Å². The Labute approximate surface area is 169 Å². The number of carbonyl (C=O) groups excluding carboxylic acids is 1. The molecule has 8 heteroatoms. The number of nitrogens with zero attached hydrogens (tertiary/aromatic N) is 4. The minimum Gasteiger partial charge on any atom is -0.368 e. The minimum absolute atomic E-state index is 0.0584. The van der Waals surface area contributed by atoms with E-state index in [1.165, 1.54) is 0 Å². The normalized spacial score (nSPS) is 18.0. The molecule has 3 aromatic rings. The molecule has 0 spiro atoms. The first-order valence-electron chi connectivity index (χ1n) is 10.2. The van der Waals surface area contributed by atoms with Crippen LogP contribution < -0.4 is 10.6 Å². The fourth-order valence-electron chi connectivity index (χ4n) is 3.83. The average Bonchev–Trinajstić information content (AvgIpc) is 3.36. The van der Waals surface area contributed by atoms with E-state index < -0.39 is 0 Å². The largest absolute Gasteiger partial charge is 0.368 e. The van der Waals surface area contributed by atoms with E-state index in [1.807, 2.05) is 36.3 Å². The number of rotatable bonds is 7. The number of aromatic nitrogens is 4. The van der Waals surface area contributed by atoms with E-state index in [4.69, 9.17) is 4.74 Å². The van der Waals surface area contributed by atoms with E-state index in [-0.39, 0.29) is 17.4 Å². The molecule has 1 aliphatic carbocycles. The second-order valence-corrected chi connectivity index (χ2v) is 8.15. The summed E-state index contributed by atoms with van der Waals surface area (Å²) in [7, 11) is 1.95. The van der Waals surface area contributed by atoms with Gasteiger partial charge in [-0.2, -0.15) is 10.2 Å². The molecule has 1 saturated heterocycles. The Balaban J connectivity index is 1.39. The van der Waals surface area contributed by atoms with Crippen molar-refractivity contribution in [2.45, 2.75) is 38.4 Å². The molecule has 3 aromatic heterocycles. The molecular formula is C21H26N6O2. The van der Waals surface area contributed by atoms with Crippen molar-refractivity contribution in [2.75, 3.05) is 18.4 Å². The van der Waals surface area contributed by atoms with Gasteiger partial charge in [-0.05, 0) is 31.4 Å². The Kier molecular flexibility index (Phi) is 4.40. The van der Waals surface area contributed by atoms with E-state index in [1.54, 1.807) is 4.52 Å². The van der Waals surface area contributed by atoms with Gasteiger partial charge in [0.15, 0.2) is 5.82 Å². The summed E-state index contributed by atoms with van der Waals surface area (Å²) >= 11 is 0. The van der Waals surface area contributed by atoms with Crippen molar-refractivity contribution in [3.05, 3.63) is 36.2 Å². The number of aryl methyl sites for hydroxylation is 1. The molecule has 1 aliphatic heterocycles. The predicted molar refractivity (Wildman–Crippen MR) is 109 cm³/mol. The van der Waals surface area contributed by atoms with Crippen LogP contribution in [0.4, 0.5) is 5.82 Å². The molecule has 152 valence electrons. The van der Waals surface area contributed by atoms with Crippen LogP contribution in [0.5, 0.6) is 0 Å². The monoisotopic (exact) mass is 394 g/mol. The molecule has 2 N–H and O–H groups in total. The van der Waals surface area contributed by atoms with Crippen molar-refractivity contribution in [1.29, 1.82) is 0 Å². The lowest BCUT2D eigenvalue weighted by molar-refractivity contribution is -0.117. The highest BCUT2D eigenvalue weighted by atomic mass is 16.5. The maximum atomic E-state index is 12.0. The van der Waals surface area contributed by atoms with Crippen molar-refractivity contribution >= 4 is 17.2 Å². The first-order valence-corrected chi connectivity index (χ1v) is 10.2. The van der Waals surface area contributed by atoms with Crippen LogP contribution >= 0.6 is 0 Å². The van der Waals surface area contributed by atoms with Gasteiger partial charge in [0.1, 0.15) is 0 Å². The summed E-state index contributed by atoms with van der Waals surface area (Å²) in [4.78, 5) is 12.0. The van der Waals surface area contributed by atoms with Crippen LogP contribution in [0.15, 0.2) is 30.6 Å². The average molecular weight is 394 g/mol. The molecule has 1 amide bonds. The third kappa shape index (κ3) is 3.42. The molecule has 0 radical (unpaired) electrons. The maximum absolute atomic E-state index is 12.0. The van der Waals surface area contributed by atoms with Gasteiger partial charge in [-0.25, -0.2) is 4.52 Å². The molecule has 0 bridgehead atoms. The number of hydrogen-bond acceptors (Lipinski definition) is 5. The Morgan fingerprint density at radius 1 is 1.38 bits per heavy atom. The van der Waals surface area contributed by atoms with Crippen LogP contribution in [0.25, 0.3) is 16.8 Å². The maximum Gasteiger partial charge on any atom is 0.228 e. The predicted octanol–water partition coefficient (Wildman–Crippen LogP) is 2.35. The fourth-order valence-corrected chi connectivity index (χ4v) is 3.83. The van der Waals surface area contributed by atoms with E-state index >= 15 is 0 Å². The van der Waals surface area contributed by atoms with E-state index in [9.17, 15) is 4.79 Å². The number of pyridine rings is 1. The van der Waals surface area contributed by atoms with Crippen LogP contribution in [-0.4, -0.2) is 44.0 Å². The van der Waals surface area contributed by atoms with Crippen molar-refractivity contribution in [2.24, 2.45) is 13.0 Å². The summed E-state index contributed by atoms with van der Waals surface area (Å²) in [5.74, 6) is 0.815. The van der Waals surface area contributed by atoms with Crippen LogP contribution in [0.3, 0.4) is 0 Å². The van der Waals surface area contributed by atoms with Gasteiger partial charge in [0.25, 0.3) is 0 Å². The topological polar surface area (TPSA) is 85.5 Å². The van der Waals surface area contributed by atoms with Gasteiger partial charge in [0, 0.05) is 49.4 Å². The lowest BCUT2D eigenvalue weighted by atomic mass is 9.93. The Hall–Kier alpha value is -2.71. The highest BCUT2D eigenvalue weighted by Gasteiger charge is 2.36. The lowest BCUT2D eigenvalue weighted by Gasteiger charge is -2.41. The zero-order valence-electron chi connectivity index (χ0n) is 16.8. The molecule has 8 nitrogen and oxygen atoms in total. The molecule has 4 heterocycles. The van der Waals surface area contributed by atoms with Gasteiger partial charge in [-0.1, -0.05) is 6.92 Å². The van der Waals surface area contributed by atoms with Crippen LogP contribution in [-0.2, 0) is 23.2 Å². The fraction of sp³-hybridized carbons (Fsp3) is 0.476. The van der Waals surface area contributed by atoms with Crippen molar-refractivity contribution < 1.29 is 9.53 Å². The molecular weight excluding hydrogens is 368 g/mol. The van der Waals surface area contributed by atoms with Gasteiger partial charge in [-0.3, -0.25) is 9.48 Å². The first-order chi connectivity index (χ1) is 14.1. The summed E-state index contributed by atoms with van der Waals surface area (Å²) in [6.45, 7) is 4.50. The zero-order valence-corrected chi connectivity index (χ0v) is 16.8. The lowest BCUT2D eigenvalue weighted by Crippen LogP contribution is -2.60. The van der Waals surface area contributed by atoms with Crippen LogP contribution in [0, 0.1) is 5.92 Å². The Morgan fingerprint density at radius 2 is 2.21 bits per heavy atom. The van der Waals surface area contributed by atoms with Crippen molar-refractivity contribution in [3.63, 3.8) is 0 Å². The molecule has 2 fully saturated rings. The standard InChI is InChI=1S/C21H26N6O2/c1-3-21(12-22-13-21)29-11-16-10-23-26(2)19(16)15-6-7-27-17(8-15)9-18(25-27)24-20(28)14-4-5-14/h6-10,14,22H,3-5,11-13H2,1-2H3,(H,24,25,28). The molecule has 0 atom stereocenters. The molecule has 29 heavy (non-hydrogen) atoms. The quantitative estimate of drug-likeness (QED) is 0.643. The minimum atomic E-state index is -0.0584. The van der Waals surface area contributed by atoms with Crippen molar-refractivity contribution in [1.82, 2.24) is 24.7 Å². The third-order valence-electron chi connectivity index (χ3n) is 6.02. The number of nitrogens with one attached hydrogen (secondary N) is 2. The van der Waals surface area contributed by atoms with E-state index in [2.05, 4.69) is 33.8 Å². The smallest absolute Gasteiger partial charge is 0.228 e. The summed E-state index contributed by atoms with van der Waals surface area (Å²) in [5.41, 5.74) is 4.02. The molecule has 0 aromatic carbocycles. The Bertz CT molecular complexity index is 1050. The molecule has 2 aliphatic rings. The number of anilines is 1. The van der Waals surface area contributed by atoms with Crippen LogP contribution in [0.2, 0.25) is 0 Å². The molecule has 0 unspecified atom stereocenters. The van der Waals surface area contributed by atoms with Gasteiger partial charge >= 0.3 is 0 Å². The number of amides is 1. The highest BCUT2D eigenvalue weighted by Crippen LogP contribution is 2.31. The van der Waals surface area contributed by atoms with Gasteiger partial charge in [0.2, 0.25) is 5.91 Å². The summed E-state index contributed by atoms with van der Waals surface area (Å²) in [6.07, 6.45) is 6.74. The van der Waals surface area contributed by atoms with Gasteiger partial charge < -0.3 is 15.4 Å². The SMILES string of the molecule is CCC1(OCc2cnn(C)c2-c2ccn3nc(NC(=O)C4CC4)cc3c2)CNC1. The molecule has 1 saturated carbocycles. The second kappa shape index (κ2) is 6.96. The summed E-state index contributed by atoms with van der Waals surface area (Å²) in [5, 5.41) is 15.1. The number of fused-ring (bicyclic) bond motifs is 1. The molecule has 5 rings (SSSR count). The van der Waals surface area contributed by atoms with Crippen molar-refractivity contribution in [3.8, 4) is 11.3 Å². The highest BCUT2D eigenvalue weighted by molar-refractivity contribution is 5.93. The Morgan fingerprint density at radius 3 is 2.90 bits per heavy atom. The third-order valence-corrected chi connectivity index (χ3v) is 6.02. The summed E-state index contributed by atoms with van der Waals surface area (Å²) in [6, 6.07) is 6.00. The first kappa shape index (κ1) is 18.3.